The Morgan fingerprint density at radius 3 is 2.78 bits per heavy atom. The number of amidine groups is 1. The Morgan fingerprint density at radius 1 is 1.30 bits per heavy atom. The molecule has 0 radical (unpaired) electrons. The number of nitriles is 1. The number of fused-ring (bicyclic) bond motifs is 3. The first-order valence-electron chi connectivity index (χ1n) is 8.11. The van der Waals surface area contributed by atoms with Crippen molar-refractivity contribution in [3.63, 3.8) is 0 Å². The minimum Gasteiger partial charge on any atom is -0.343 e. The van der Waals surface area contributed by atoms with E-state index in [2.05, 4.69) is 9.89 Å². The summed E-state index contributed by atoms with van der Waals surface area (Å²) in [6.45, 7) is 0. The predicted molar refractivity (Wildman–Crippen MR) is 87.6 cm³/mol. The molecule has 0 N–H and O–H groups in total. The SMILES string of the molecule is N#CCC(=O)N=C1S[C@@H]2CS(=O)(=O)C[C@H]2N1[C@@H]1C[C@H]2CC[C@H]1C2. The molecule has 2 aliphatic heterocycles. The minimum atomic E-state index is -3.00. The number of hydrogen-bond acceptors (Lipinski definition) is 5. The number of aliphatic imine (C=N–C) groups is 1. The van der Waals surface area contributed by atoms with Crippen molar-refractivity contribution in [3.8, 4) is 6.07 Å². The molecule has 0 aromatic rings. The molecule has 23 heavy (non-hydrogen) atoms. The highest BCUT2D eigenvalue weighted by atomic mass is 32.2. The van der Waals surface area contributed by atoms with Gasteiger partial charge in [0.05, 0.1) is 23.6 Å². The van der Waals surface area contributed by atoms with E-state index in [0.717, 1.165) is 12.3 Å². The van der Waals surface area contributed by atoms with Gasteiger partial charge in [-0.2, -0.15) is 10.3 Å². The van der Waals surface area contributed by atoms with Gasteiger partial charge < -0.3 is 4.90 Å². The molecule has 5 atom stereocenters. The molecule has 0 unspecified atom stereocenters. The molecule has 0 aromatic carbocycles. The minimum absolute atomic E-state index is 0.0206. The second-order valence-corrected chi connectivity index (χ2v) is 10.4. The van der Waals surface area contributed by atoms with Crippen molar-refractivity contribution in [1.29, 1.82) is 5.26 Å². The van der Waals surface area contributed by atoms with Gasteiger partial charge in [0, 0.05) is 11.3 Å². The highest BCUT2D eigenvalue weighted by Gasteiger charge is 2.54. The molecule has 2 saturated carbocycles. The topological polar surface area (TPSA) is 90.6 Å². The van der Waals surface area contributed by atoms with Crippen LogP contribution in [0.3, 0.4) is 0 Å². The maximum atomic E-state index is 12.0. The van der Waals surface area contributed by atoms with E-state index >= 15 is 0 Å². The monoisotopic (exact) mass is 353 g/mol. The number of carbonyl (C=O) groups excluding carboxylic acids is 1. The van der Waals surface area contributed by atoms with Gasteiger partial charge in [-0.05, 0) is 31.1 Å². The molecular weight excluding hydrogens is 334 g/mol. The van der Waals surface area contributed by atoms with Crippen LogP contribution in [0, 0.1) is 23.2 Å². The fourth-order valence-electron chi connectivity index (χ4n) is 4.74. The van der Waals surface area contributed by atoms with Gasteiger partial charge >= 0.3 is 0 Å². The van der Waals surface area contributed by atoms with Crippen molar-refractivity contribution in [2.24, 2.45) is 16.8 Å². The van der Waals surface area contributed by atoms with Crippen molar-refractivity contribution in [1.82, 2.24) is 4.90 Å². The van der Waals surface area contributed by atoms with Gasteiger partial charge in [-0.3, -0.25) is 4.79 Å². The molecule has 2 heterocycles. The average molecular weight is 353 g/mol. The molecule has 4 aliphatic rings. The number of carbonyl (C=O) groups is 1. The fraction of sp³-hybridized carbons (Fsp3) is 0.800. The van der Waals surface area contributed by atoms with Crippen LogP contribution in [-0.2, 0) is 14.6 Å². The first kappa shape index (κ1) is 15.5. The summed E-state index contributed by atoms with van der Waals surface area (Å²) in [5.41, 5.74) is 0. The summed E-state index contributed by atoms with van der Waals surface area (Å²) in [5.74, 6) is 1.25. The lowest BCUT2D eigenvalue weighted by atomic mass is 9.93. The van der Waals surface area contributed by atoms with E-state index in [-0.39, 0.29) is 29.2 Å². The first-order valence-corrected chi connectivity index (χ1v) is 10.8. The predicted octanol–water partition coefficient (Wildman–Crippen LogP) is 1.19. The third kappa shape index (κ3) is 2.68. The first-order chi connectivity index (χ1) is 11.0. The normalized spacial score (nSPS) is 42.1. The second-order valence-electron chi connectivity index (χ2n) is 7.07. The zero-order chi connectivity index (χ0) is 16.2. The molecule has 4 fully saturated rings. The number of sulfone groups is 1. The summed E-state index contributed by atoms with van der Waals surface area (Å²) in [7, 11) is -3.00. The molecule has 6 nitrogen and oxygen atoms in total. The van der Waals surface area contributed by atoms with Crippen LogP contribution in [0.1, 0.15) is 32.1 Å². The molecule has 4 rings (SSSR count). The molecule has 2 saturated heterocycles. The molecule has 2 aliphatic carbocycles. The molecule has 1 amide bonds. The van der Waals surface area contributed by atoms with Gasteiger partial charge in [0.15, 0.2) is 15.0 Å². The zero-order valence-electron chi connectivity index (χ0n) is 12.7. The van der Waals surface area contributed by atoms with Crippen molar-refractivity contribution >= 4 is 32.7 Å². The van der Waals surface area contributed by atoms with Crippen molar-refractivity contribution in [3.05, 3.63) is 0 Å². The summed E-state index contributed by atoms with van der Waals surface area (Å²) in [6, 6.07) is 2.10. The Morgan fingerprint density at radius 2 is 2.13 bits per heavy atom. The number of amides is 1. The third-order valence-corrected chi connectivity index (χ3v) is 8.84. The lowest BCUT2D eigenvalue weighted by molar-refractivity contribution is -0.116. The second kappa shape index (κ2) is 5.49. The van der Waals surface area contributed by atoms with Gasteiger partial charge in [-0.15, -0.1) is 0 Å². The maximum absolute atomic E-state index is 12.0. The van der Waals surface area contributed by atoms with Gasteiger partial charge in [0.2, 0.25) is 0 Å². The highest BCUT2D eigenvalue weighted by Crippen LogP contribution is 2.51. The van der Waals surface area contributed by atoms with Gasteiger partial charge in [-0.1, -0.05) is 18.2 Å². The van der Waals surface area contributed by atoms with Crippen LogP contribution in [0.5, 0.6) is 0 Å². The molecule has 2 bridgehead atoms. The van der Waals surface area contributed by atoms with Crippen molar-refractivity contribution in [2.45, 2.75) is 49.4 Å². The van der Waals surface area contributed by atoms with Crippen LogP contribution in [-0.4, -0.2) is 53.2 Å². The summed E-state index contributed by atoms with van der Waals surface area (Å²) in [6.07, 6.45) is 4.55. The largest absolute Gasteiger partial charge is 0.343 e. The lowest BCUT2D eigenvalue weighted by Gasteiger charge is -2.36. The van der Waals surface area contributed by atoms with E-state index in [1.165, 1.54) is 31.0 Å². The fourth-order valence-corrected chi connectivity index (χ4v) is 8.73. The van der Waals surface area contributed by atoms with E-state index in [9.17, 15) is 13.2 Å². The van der Waals surface area contributed by atoms with Gasteiger partial charge in [0.1, 0.15) is 6.42 Å². The van der Waals surface area contributed by atoms with Crippen LogP contribution < -0.4 is 0 Å². The van der Waals surface area contributed by atoms with E-state index in [1.807, 2.05) is 6.07 Å². The summed E-state index contributed by atoms with van der Waals surface area (Å²) >= 11 is 1.43. The van der Waals surface area contributed by atoms with Crippen LogP contribution in [0.2, 0.25) is 0 Å². The summed E-state index contributed by atoms with van der Waals surface area (Å²) in [4.78, 5) is 18.1. The molecule has 0 aromatic heterocycles. The Kier molecular flexibility index (Phi) is 3.69. The summed E-state index contributed by atoms with van der Waals surface area (Å²) in [5, 5.41) is 9.30. The molecular formula is C15H19N3O3S2. The number of hydrogen-bond donors (Lipinski definition) is 0. The third-order valence-electron chi connectivity index (χ3n) is 5.62. The van der Waals surface area contributed by atoms with Gasteiger partial charge in [-0.25, -0.2) is 8.42 Å². The van der Waals surface area contributed by atoms with Crippen LogP contribution in [0.25, 0.3) is 0 Å². The summed E-state index contributed by atoms with van der Waals surface area (Å²) < 4.78 is 24.0. The van der Waals surface area contributed by atoms with E-state index in [1.54, 1.807) is 0 Å². The van der Waals surface area contributed by atoms with Crippen LogP contribution >= 0.6 is 11.8 Å². The quantitative estimate of drug-likeness (QED) is 0.740. The average Bonchev–Trinajstić information content (AvgIpc) is 3.18. The van der Waals surface area contributed by atoms with Gasteiger partial charge in [0.25, 0.3) is 5.91 Å². The standard InChI is InChI=1S/C15H19N3O3S2/c16-4-3-14(19)17-15-18(11-6-9-1-2-10(11)5-9)12-7-23(20,21)8-13(12)22-15/h9-13H,1-3,5-8H2/t9-,10-,11+,12+,13+/m0/s1. The number of nitrogens with zero attached hydrogens (tertiary/aromatic N) is 3. The zero-order valence-corrected chi connectivity index (χ0v) is 14.4. The van der Waals surface area contributed by atoms with E-state index < -0.39 is 15.7 Å². The number of thioether (sulfide) groups is 1. The Balaban J connectivity index is 1.64. The van der Waals surface area contributed by atoms with E-state index in [0.29, 0.717) is 17.1 Å². The van der Waals surface area contributed by atoms with Crippen LogP contribution in [0.4, 0.5) is 0 Å². The Bertz CT molecular complexity index is 712. The molecule has 0 spiro atoms. The smallest absolute Gasteiger partial charge is 0.262 e. The highest BCUT2D eigenvalue weighted by molar-refractivity contribution is 8.15. The molecule has 124 valence electrons. The lowest BCUT2D eigenvalue weighted by Crippen LogP contribution is -2.47. The van der Waals surface area contributed by atoms with Crippen LogP contribution in [0.15, 0.2) is 4.99 Å². The van der Waals surface area contributed by atoms with Crippen molar-refractivity contribution < 1.29 is 13.2 Å². The Labute approximate surface area is 140 Å². The Hall–Kier alpha value is -1.07. The molecule has 8 heteroatoms. The number of rotatable bonds is 2. The van der Waals surface area contributed by atoms with Crippen molar-refractivity contribution in [2.75, 3.05) is 11.5 Å². The maximum Gasteiger partial charge on any atom is 0.262 e. The van der Waals surface area contributed by atoms with E-state index in [4.69, 9.17) is 5.26 Å².